The fourth-order valence-electron chi connectivity index (χ4n) is 3.17. The van der Waals surface area contributed by atoms with Gasteiger partial charge in [0.25, 0.3) is 0 Å². The zero-order chi connectivity index (χ0) is 20.8. The van der Waals surface area contributed by atoms with Crippen molar-refractivity contribution in [2.45, 2.75) is 32.3 Å². The maximum absolute atomic E-state index is 12.0. The Morgan fingerprint density at radius 3 is 2.87 bits per heavy atom. The van der Waals surface area contributed by atoms with Crippen molar-refractivity contribution < 1.29 is 19.1 Å². The van der Waals surface area contributed by atoms with Crippen molar-refractivity contribution in [1.82, 2.24) is 4.98 Å². The summed E-state index contributed by atoms with van der Waals surface area (Å²) in [5, 5.41) is 3.76. The summed E-state index contributed by atoms with van der Waals surface area (Å²) in [6.45, 7) is 0.666. The van der Waals surface area contributed by atoms with E-state index >= 15 is 0 Å². The number of hydrogen-bond donors (Lipinski definition) is 1. The molecule has 3 aromatic rings. The molecule has 0 unspecified atom stereocenters. The highest BCUT2D eigenvalue weighted by Crippen LogP contribution is 2.27. The molecule has 1 aromatic heterocycles. The van der Waals surface area contributed by atoms with Crippen LogP contribution < -0.4 is 10.1 Å². The Morgan fingerprint density at radius 1 is 1.13 bits per heavy atom. The number of hydrogen-bond acceptors (Lipinski definition) is 6. The van der Waals surface area contributed by atoms with Crippen molar-refractivity contribution in [1.29, 1.82) is 0 Å². The van der Waals surface area contributed by atoms with Gasteiger partial charge in [0.15, 0.2) is 0 Å². The molecule has 0 aliphatic carbocycles. The summed E-state index contributed by atoms with van der Waals surface area (Å²) >= 11 is 1.53. The number of amides is 1. The van der Waals surface area contributed by atoms with E-state index in [-0.39, 0.29) is 18.5 Å². The smallest absolute Gasteiger partial charge is 0.306 e. The predicted molar refractivity (Wildman–Crippen MR) is 115 cm³/mol. The second kappa shape index (κ2) is 9.54. The van der Waals surface area contributed by atoms with Gasteiger partial charge in [-0.25, -0.2) is 4.98 Å². The summed E-state index contributed by atoms with van der Waals surface area (Å²) in [7, 11) is 0. The molecular formula is C23H22N2O4S. The number of nitrogens with zero attached hydrogens (tertiary/aromatic N) is 1. The Kier molecular flexibility index (Phi) is 6.39. The minimum absolute atomic E-state index is 0.0456. The first-order chi connectivity index (χ1) is 14.7. The molecule has 7 heteroatoms. The van der Waals surface area contributed by atoms with Gasteiger partial charge in [0, 0.05) is 30.3 Å². The van der Waals surface area contributed by atoms with Crippen molar-refractivity contribution >= 4 is 28.9 Å². The molecule has 0 saturated carbocycles. The van der Waals surface area contributed by atoms with E-state index in [2.05, 4.69) is 10.3 Å². The van der Waals surface area contributed by atoms with Gasteiger partial charge in [-0.1, -0.05) is 30.3 Å². The Balaban J connectivity index is 1.17. The van der Waals surface area contributed by atoms with Gasteiger partial charge in [-0.2, -0.15) is 0 Å². The van der Waals surface area contributed by atoms with E-state index in [0.717, 1.165) is 32.4 Å². The van der Waals surface area contributed by atoms with Gasteiger partial charge in [-0.05, 0) is 36.6 Å². The van der Waals surface area contributed by atoms with Gasteiger partial charge < -0.3 is 14.8 Å². The second-order valence-electron chi connectivity index (χ2n) is 6.98. The fraction of sp³-hybridized carbons (Fsp3) is 0.261. The van der Waals surface area contributed by atoms with Gasteiger partial charge in [-0.3, -0.25) is 9.59 Å². The number of benzene rings is 2. The average molecular weight is 423 g/mol. The van der Waals surface area contributed by atoms with Crippen LogP contribution in [0.1, 0.15) is 29.7 Å². The summed E-state index contributed by atoms with van der Waals surface area (Å²) in [4.78, 5) is 28.7. The van der Waals surface area contributed by atoms with Crippen molar-refractivity contribution in [2.24, 2.45) is 0 Å². The summed E-state index contributed by atoms with van der Waals surface area (Å²) < 4.78 is 11.1. The van der Waals surface area contributed by atoms with Gasteiger partial charge >= 0.3 is 5.97 Å². The van der Waals surface area contributed by atoms with Crippen molar-refractivity contribution in [3.05, 3.63) is 65.2 Å². The predicted octanol–water partition coefficient (Wildman–Crippen LogP) is 4.60. The summed E-state index contributed by atoms with van der Waals surface area (Å²) in [5.41, 5.74) is 2.98. The summed E-state index contributed by atoms with van der Waals surface area (Å²) in [6.07, 6.45) is 3.83. The monoisotopic (exact) mass is 422 g/mol. The SMILES string of the molecule is O=C1CCc2cc(OCCCC(=O)OCc3cnc(-c4ccccc4)s3)ccc2N1. The number of fused-ring (bicyclic) bond motifs is 1. The van der Waals surface area contributed by atoms with Crippen LogP contribution in [0, 0.1) is 0 Å². The molecule has 1 aliphatic heterocycles. The van der Waals surface area contributed by atoms with E-state index in [4.69, 9.17) is 9.47 Å². The highest BCUT2D eigenvalue weighted by atomic mass is 32.1. The Morgan fingerprint density at radius 2 is 2.00 bits per heavy atom. The molecule has 2 heterocycles. The van der Waals surface area contributed by atoms with Gasteiger partial charge in [0.2, 0.25) is 5.91 Å². The number of ether oxygens (including phenoxy) is 2. The molecule has 0 saturated heterocycles. The first kappa shape index (κ1) is 20.1. The van der Waals surface area contributed by atoms with E-state index in [9.17, 15) is 9.59 Å². The van der Waals surface area contributed by atoms with Crippen LogP contribution in [0.3, 0.4) is 0 Å². The molecule has 0 atom stereocenters. The second-order valence-corrected chi connectivity index (χ2v) is 8.09. The molecule has 154 valence electrons. The van der Waals surface area contributed by atoms with Crippen LogP contribution in [-0.2, 0) is 27.4 Å². The Labute approximate surface area is 178 Å². The molecule has 4 rings (SSSR count). The fourth-order valence-corrected chi connectivity index (χ4v) is 4.00. The van der Waals surface area contributed by atoms with Crippen LogP contribution in [-0.4, -0.2) is 23.5 Å². The molecule has 1 aliphatic rings. The zero-order valence-corrected chi connectivity index (χ0v) is 17.2. The molecule has 2 aromatic carbocycles. The third-order valence-electron chi connectivity index (χ3n) is 4.72. The van der Waals surface area contributed by atoms with Gasteiger partial charge in [0.05, 0.1) is 11.5 Å². The third kappa shape index (κ3) is 5.24. The first-order valence-corrected chi connectivity index (χ1v) is 10.7. The van der Waals surface area contributed by atoms with E-state index in [1.807, 2.05) is 48.5 Å². The molecular weight excluding hydrogens is 400 g/mol. The van der Waals surface area contributed by atoms with Crippen LogP contribution in [0.25, 0.3) is 10.6 Å². The van der Waals surface area contributed by atoms with Crippen LogP contribution in [0.15, 0.2) is 54.7 Å². The van der Waals surface area contributed by atoms with Crippen molar-refractivity contribution in [2.75, 3.05) is 11.9 Å². The molecule has 0 bridgehead atoms. The van der Waals surface area contributed by atoms with Crippen LogP contribution in [0.4, 0.5) is 5.69 Å². The molecule has 0 radical (unpaired) electrons. The van der Waals surface area contributed by atoms with E-state index in [1.165, 1.54) is 11.3 Å². The Hall–Kier alpha value is -3.19. The highest BCUT2D eigenvalue weighted by Gasteiger charge is 2.15. The number of esters is 1. The minimum Gasteiger partial charge on any atom is -0.494 e. The lowest BCUT2D eigenvalue weighted by Gasteiger charge is -2.17. The number of carbonyl (C=O) groups excluding carboxylic acids is 2. The lowest BCUT2D eigenvalue weighted by Crippen LogP contribution is -2.18. The molecule has 30 heavy (non-hydrogen) atoms. The maximum atomic E-state index is 12.0. The van der Waals surface area contributed by atoms with Crippen LogP contribution in [0.2, 0.25) is 0 Å². The molecule has 1 amide bonds. The van der Waals surface area contributed by atoms with Crippen molar-refractivity contribution in [3.63, 3.8) is 0 Å². The lowest BCUT2D eigenvalue weighted by atomic mass is 10.0. The number of rotatable bonds is 8. The quantitative estimate of drug-likeness (QED) is 0.424. The first-order valence-electron chi connectivity index (χ1n) is 9.89. The van der Waals surface area contributed by atoms with E-state index in [0.29, 0.717) is 32.3 Å². The van der Waals surface area contributed by atoms with Gasteiger partial charge in [0.1, 0.15) is 17.4 Å². The molecule has 0 spiro atoms. The number of aryl methyl sites for hydroxylation is 1. The number of nitrogens with one attached hydrogen (secondary N) is 1. The lowest BCUT2D eigenvalue weighted by molar-refractivity contribution is -0.145. The molecule has 0 fully saturated rings. The van der Waals surface area contributed by atoms with Gasteiger partial charge in [-0.15, -0.1) is 11.3 Å². The Bertz CT molecular complexity index is 1030. The standard InChI is InChI=1S/C23H22N2O4S/c26-21-11-8-17-13-18(9-10-20(17)25-21)28-12-4-7-22(27)29-15-19-14-24-23(30-19)16-5-2-1-3-6-16/h1-3,5-6,9-10,13-14H,4,7-8,11-12,15H2,(H,25,26). The largest absolute Gasteiger partial charge is 0.494 e. The normalized spacial score (nSPS) is 12.7. The average Bonchev–Trinajstić information content (AvgIpc) is 3.25. The number of thiazole rings is 1. The number of anilines is 1. The van der Waals surface area contributed by atoms with Crippen LogP contribution in [0.5, 0.6) is 5.75 Å². The van der Waals surface area contributed by atoms with Crippen molar-refractivity contribution in [3.8, 4) is 16.3 Å². The summed E-state index contributed by atoms with van der Waals surface area (Å²) in [5.74, 6) is 0.544. The molecule has 6 nitrogen and oxygen atoms in total. The topological polar surface area (TPSA) is 77.5 Å². The third-order valence-corrected chi connectivity index (χ3v) is 5.74. The number of carbonyl (C=O) groups is 2. The highest BCUT2D eigenvalue weighted by molar-refractivity contribution is 7.15. The maximum Gasteiger partial charge on any atom is 0.306 e. The minimum atomic E-state index is -0.249. The number of aromatic nitrogens is 1. The van der Waals surface area contributed by atoms with E-state index < -0.39 is 0 Å². The van der Waals surface area contributed by atoms with Crippen LogP contribution >= 0.6 is 11.3 Å². The zero-order valence-electron chi connectivity index (χ0n) is 16.4. The van der Waals surface area contributed by atoms with E-state index in [1.54, 1.807) is 6.20 Å². The summed E-state index contributed by atoms with van der Waals surface area (Å²) in [6, 6.07) is 15.6. The molecule has 1 N–H and O–H groups in total.